The lowest BCUT2D eigenvalue weighted by Gasteiger charge is -2.34. The van der Waals surface area contributed by atoms with Crippen molar-refractivity contribution in [2.75, 3.05) is 24.5 Å². The van der Waals surface area contributed by atoms with Gasteiger partial charge < -0.3 is 15.0 Å². The summed E-state index contributed by atoms with van der Waals surface area (Å²) in [5.41, 5.74) is 3.24. The van der Waals surface area contributed by atoms with Gasteiger partial charge in [0.25, 0.3) is 10.0 Å². The maximum atomic E-state index is 14.6. The number of anilines is 1. The molecule has 0 aromatic heterocycles. The maximum Gasteiger partial charge on any atom is 0.264 e. The van der Waals surface area contributed by atoms with Crippen LogP contribution in [0.15, 0.2) is 102 Å². The SMILES string of the molecule is CCCCNC(=O)[C@@H](Cc1ccccc1)N(Cc1ccc(F)cc1)C(=O)CN(c1cc(C)ccc1OC)S(=O)(=O)c1ccc(C)cc1. The largest absolute Gasteiger partial charge is 0.495 e. The number of hydrogen-bond donors (Lipinski definition) is 1. The number of methoxy groups -OCH3 is 1. The van der Waals surface area contributed by atoms with Crippen molar-refractivity contribution < 1.29 is 27.1 Å². The maximum absolute atomic E-state index is 14.6. The van der Waals surface area contributed by atoms with Crippen LogP contribution in [0.5, 0.6) is 5.75 Å². The Hall–Kier alpha value is -4.70. The van der Waals surface area contributed by atoms with Crippen molar-refractivity contribution in [2.45, 2.75) is 57.5 Å². The van der Waals surface area contributed by atoms with Gasteiger partial charge in [-0.3, -0.25) is 13.9 Å². The summed E-state index contributed by atoms with van der Waals surface area (Å²) in [4.78, 5) is 29.8. The Morgan fingerprint density at radius 1 is 0.872 bits per heavy atom. The minimum atomic E-state index is -4.29. The number of nitrogens with one attached hydrogen (secondary N) is 1. The van der Waals surface area contributed by atoms with Gasteiger partial charge in [-0.25, -0.2) is 12.8 Å². The van der Waals surface area contributed by atoms with Gasteiger partial charge >= 0.3 is 0 Å². The van der Waals surface area contributed by atoms with E-state index in [0.29, 0.717) is 12.1 Å². The number of nitrogens with zero attached hydrogens (tertiary/aromatic N) is 2. The molecule has 2 amide bonds. The Morgan fingerprint density at radius 2 is 1.53 bits per heavy atom. The number of sulfonamides is 1. The van der Waals surface area contributed by atoms with Crippen molar-refractivity contribution in [1.82, 2.24) is 10.2 Å². The number of unbranched alkanes of at least 4 members (excludes halogenated alkanes) is 1. The average Bonchev–Trinajstić information content (AvgIpc) is 3.06. The summed E-state index contributed by atoms with van der Waals surface area (Å²) >= 11 is 0. The zero-order chi connectivity index (χ0) is 34.0. The van der Waals surface area contributed by atoms with Crippen molar-refractivity contribution in [3.05, 3.63) is 125 Å². The van der Waals surface area contributed by atoms with Crippen LogP contribution in [0.1, 0.15) is 42.0 Å². The lowest BCUT2D eigenvalue weighted by Crippen LogP contribution is -2.53. The monoisotopic (exact) mass is 659 g/mol. The molecule has 4 aromatic rings. The number of carbonyl (C=O) groups excluding carboxylic acids is 2. The van der Waals surface area contributed by atoms with Gasteiger partial charge in [0.1, 0.15) is 24.2 Å². The summed E-state index contributed by atoms with van der Waals surface area (Å²) in [5.74, 6) is -1.15. The molecule has 1 atom stereocenters. The molecule has 0 fully saturated rings. The summed E-state index contributed by atoms with van der Waals surface area (Å²) in [6.45, 7) is 5.44. The van der Waals surface area contributed by atoms with Crippen LogP contribution in [-0.4, -0.2) is 51.4 Å². The lowest BCUT2D eigenvalue weighted by atomic mass is 10.0. The van der Waals surface area contributed by atoms with Crippen molar-refractivity contribution in [3.63, 3.8) is 0 Å². The van der Waals surface area contributed by atoms with E-state index in [1.165, 1.54) is 36.3 Å². The molecular formula is C37H42FN3O5S. The molecular weight excluding hydrogens is 617 g/mol. The predicted octanol–water partition coefficient (Wildman–Crippen LogP) is 6.20. The smallest absolute Gasteiger partial charge is 0.264 e. The second-order valence-corrected chi connectivity index (χ2v) is 13.4. The van der Waals surface area contributed by atoms with Crippen LogP contribution in [0.4, 0.5) is 10.1 Å². The molecule has 0 saturated carbocycles. The van der Waals surface area contributed by atoms with Crippen molar-refractivity contribution in [2.24, 2.45) is 0 Å². The number of hydrogen-bond acceptors (Lipinski definition) is 5. The van der Waals surface area contributed by atoms with Crippen LogP contribution in [0.3, 0.4) is 0 Å². The van der Waals surface area contributed by atoms with Crippen LogP contribution in [0.2, 0.25) is 0 Å². The predicted molar refractivity (Wildman–Crippen MR) is 182 cm³/mol. The first-order chi connectivity index (χ1) is 22.5. The number of benzene rings is 4. The molecule has 8 nitrogen and oxygen atoms in total. The molecule has 0 radical (unpaired) electrons. The van der Waals surface area contributed by atoms with Crippen molar-refractivity contribution >= 4 is 27.5 Å². The van der Waals surface area contributed by atoms with Crippen molar-refractivity contribution in [3.8, 4) is 5.75 Å². The zero-order valence-electron chi connectivity index (χ0n) is 27.3. The third-order valence-corrected chi connectivity index (χ3v) is 9.63. The van der Waals surface area contributed by atoms with Gasteiger partial charge in [-0.05, 0) is 73.4 Å². The van der Waals surface area contributed by atoms with Gasteiger partial charge in [-0.15, -0.1) is 0 Å². The molecule has 10 heteroatoms. The van der Waals surface area contributed by atoms with Gasteiger partial charge in [-0.2, -0.15) is 0 Å². The number of amides is 2. The second-order valence-electron chi connectivity index (χ2n) is 11.5. The zero-order valence-corrected chi connectivity index (χ0v) is 28.1. The molecule has 0 bridgehead atoms. The first-order valence-corrected chi connectivity index (χ1v) is 17.1. The highest BCUT2D eigenvalue weighted by Crippen LogP contribution is 2.34. The molecule has 4 aromatic carbocycles. The Labute approximate surface area is 277 Å². The average molecular weight is 660 g/mol. The topological polar surface area (TPSA) is 96.0 Å². The summed E-state index contributed by atoms with van der Waals surface area (Å²) in [6, 6.07) is 25.5. The van der Waals surface area contributed by atoms with Gasteiger partial charge in [0.15, 0.2) is 0 Å². The first-order valence-electron chi connectivity index (χ1n) is 15.6. The molecule has 0 aliphatic rings. The van der Waals surface area contributed by atoms with Gasteiger partial charge in [0.05, 0.1) is 17.7 Å². The molecule has 0 aliphatic carbocycles. The van der Waals surface area contributed by atoms with E-state index in [9.17, 15) is 22.4 Å². The summed E-state index contributed by atoms with van der Waals surface area (Å²) in [6.07, 6.45) is 1.81. The molecule has 0 spiro atoms. The second kappa shape index (κ2) is 16.2. The standard InChI is InChI=1S/C37H42FN3O5S/c1-5-6-22-39-37(43)34(24-29-10-8-7-9-11-29)40(25-30-15-17-31(38)18-16-30)36(42)26-41(33-23-28(3)14-21-35(33)46-4)47(44,45)32-19-12-27(2)13-20-32/h7-21,23,34H,5-6,22,24-26H2,1-4H3,(H,39,43)/t34-/m1/s1. The number of carbonyl (C=O) groups is 2. The van der Waals surface area contributed by atoms with Crippen LogP contribution < -0.4 is 14.4 Å². The van der Waals surface area contributed by atoms with Gasteiger partial charge in [-0.1, -0.05) is 79.6 Å². The van der Waals surface area contributed by atoms with E-state index in [-0.39, 0.29) is 35.2 Å². The highest BCUT2D eigenvalue weighted by molar-refractivity contribution is 7.92. The van der Waals surface area contributed by atoms with E-state index < -0.39 is 34.3 Å². The highest BCUT2D eigenvalue weighted by atomic mass is 32.2. The fourth-order valence-electron chi connectivity index (χ4n) is 5.19. The first kappa shape index (κ1) is 35.2. The van der Waals surface area contributed by atoms with Crippen LogP contribution >= 0.6 is 0 Å². The molecule has 0 unspecified atom stereocenters. The van der Waals surface area contributed by atoms with E-state index >= 15 is 0 Å². The summed E-state index contributed by atoms with van der Waals surface area (Å²) in [7, 11) is -2.86. The Morgan fingerprint density at radius 3 is 2.17 bits per heavy atom. The molecule has 0 heterocycles. The van der Waals surface area contributed by atoms with Crippen LogP contribution in [-0.2, 0) is 32.6 Å². The third-order valence-electron chi connectivity index (χ3n) is 7.86. The number of aryl methyl sites for hydroxylation is 2. The van der Waals surface area contributed by atoms with Gasteiger partial charge in [0.2, 0.25) is 11.8 Å². The van der Waals surface area contributed by atoms with Gasteiger partial charge in [0, 0.05) is 19.5 Å². The molecule has 4 rings (SSSR count). The number of ether oxygens (including phenoxy) is 1. The minimum Gasteiger partial charge on any atom is -0.495 e. The van der Waals surface area contributed by atoms with E-state index in [4.69, 9.17) is 4.74 Å². The van der Waals surface area contributed by atoms with E-state index in [1.54, 1.807) is 42.5 Å². The molecule has 248 valence electrons. The van der Waals surface area contributed by atoms with Crippen LogP contribution in [0.25, 0.3) is 0 Å². The molecule has 47 heavy (non-hydrogen) atoms. The van der Waals surface area contributed by atoms with E-state index in [1.807, 2.05) is 51.1 Å². The fraction of sp³-hybridized carbons (Fsp3) is 0.297. The van der Waals surface area contributed by atoms with Crippen molar-refractivity contribution in [1.29, 1.82) is 0 Å². The Balaban J connectivity index is 1.83. The molecule has 0 saturated heterocycles. The quantitative estimate of drug-likeness (QED) is 0.153. The summed E-state index contributed by atoms with van der Waals surface area (Å²) in [5, 5.41) is 2.96. The highest BCUT2D eigenvalue weighted by Gasteiger charge is 2.35. The van der Waals surface area contributed by atoms with E-state index in [0.717, 1.165) is 33.8 Å². The fourth-order valence-corrected chi connectivity index (χ4v) is 6.61. The summed E-state index contributed by atoms with van der Waals surface area (Å²) < 4.78 is 49.1. The molecule has 0 aliphatic heterocycles. The third kappa shape index (κ3) is 9.19. The minimum absolute atomic E-state index is 0.00249. The Kier molecular flexibility index (Phi) is 12.1. The van der Waals surface area contributed by atoms with Crippen LogP contribution in [0, 0.1) is 19.7 Å². The number of halogens is 1. The Bertz CT molecular complexity index is 1750. The molecule has 1 N–H and O–H groups in total. The lowest BCUT2D eigenvalue weighted by molar-refractivity contribution is -0.140. The normalized spacial score (nSPS) is 11.9. The number of rotatable bonds is 15. The van der Waals surface area contributed by atoms with E-state index in [2.05, 4.69) is 5.32 Å².